The average molecular weight is 920 g/mol. The van der Waals surface area contributed by atoms with Gasteiger partial charge in [-0.1, -0.05) is 233 Å². The van der Waals surface area contributed by atoms with Crippen molar-refractivity contribution >= 4 is 68.2 Å². The number of benzene rings is 1. The molecule has 5 rings (SSSR count). The smallest absolute Gasteiger partial charge is 0.116 e. The first-order chi connectivity index (χ1) is 30.7. The van der Waals surface area contributed by atoms with Crippen molar-refractivity contribution in [3.63, 3.8) is 0 Å². The van der Waals surface area contributed by atoms with E-state index in [-0.39, 0.29) is 0 Å². The fourth-order valence-electron chi connectivity index (χ4n) is 9.88. The van der Waals surface area contributed by atoms with Gasteiger partial charge in [0.1, 0.15) is 22.4 Å². The molecule has 4 heterocycles. The van der Waals surface area contributed by atoms with Crippen LogP contribution in [0.1, 0.15) is 244 Å². The maximum Gasteiger partial charge on any atom is 0.116 e. The summed E-state index contributed by atoms with van der Waals surface area (Å²) in [5.41, 5.74) is 9.30. The molecule has 0 saturated heterocycles. The van der Waals surface area contributed by atoms with Crippen molar-refractivity contribution in [2.75, 3.05) is 0 Å². The Hall–Kier alpha value is -1.74. The summed E-state index contributed by atoms with van der Waals surface area (Å²) in [6.07, 6.45) is 46.8. The predicted molar refractivity (Wildman–Crippen MR) is 280 cm³/mol. The van der Waals surface area contributed by atoms with Gasteiger partial charge in [-0.05, 0) is 58.7 Å². The maximum absolute atomic E-state index is 5.00. The van der Waals surface area contributed by atoms with E-state index in [1.807, 2.05) is 22.7 Å². The van der Waals surface area contributed by atoms with Crippen LogP contribution in [0.4, 0.5) is 11.4 Å². The van der Waals surface area contributed by atoms with Crippen molar-refractivity contribution in [2.24, 2.45) is 20.6 Å². The summed E-state index contributed by atoms with van der Waals surface area (Å²) in [5, 5.41) is 4.87. The van der Waals surface area contributed by atoms with Crippen LogP contribution >= 0.6 is 34.4 Å². The van der Waals surface area contributed by atoms with Gasteiger partial charge in [-0.3, -0.25) is 0 Å². The average Bonchev–Trinajstić information content (AvgIpc) is 4.13. The normalized spacial score (nSPS) is 13.4. The summed E-state index contributed by atoms with van der Waals surface area (Å²) in [5.74, 6) is 1.54. The Morgan fingerprint density at radius 1 is 0.403 bits per heavy atom. The highest BCUT2D eigenvalue weighted by molar-refractivity contribution is 7.58. The van der Waals surface area contributed by atoms with Crippen molar-refractivity contribution in [3.05, 3.63) is 34.0 Å². The highest BCUT2D eigenvalue weighted by Crippen LogP contribution is 2.54. The minimum atomic E-state index is 0.770. The monoisotopic (exact) mass is 919 g/mol. The van der Waals surface area contributed by atoms with Gasteiger partial charge in [0.05, 0.1) is 23.1 Å². The van der Waals surface area contributed by atoms with Crippen LogP contribution in [-0.4, -0.2) is 8.75 Å². The van der Waals surface area contributed by atoms with E-state index < -0.39 is 0 Å². The third-order valence-corrected chi connectivity index (χ3v) is 16.7. The zero-order valence-electron chi connectivity index (χ0n) is 39.9. The Bertz CT molecular complexity index is 1720. The van der Waals surface area contributed by atoms with Crippen molar-refractivity contribution in [2.45, 2.75) is 246 Å². The largest absolute Gasteiger partial charge is 0.172 e. The Morgan fingerprint density at radius 3 is 1.03 bits per heavy atom. The Balaban J connectivity index is 1.26. The minimum absolute atomic E-state index is 0.770. The lowest BCUT2D eigenvalue weighted by Crippen LogP contribution is -2.05. The van der Waals surface area contributed by atoms with Gasteiger partial charge < -0.3 is 0 Å². The molecule has 0 bridgehead atoms. The van der Waals surface area contributed by atoms with E-state index in [1.54, 1.807) is 0 Å². The third-order valence-electron chi connectivity index (χ3n) is 13.6. The summed E-state index contributed by atoms with van der Waals surface area (Å²) in [6, 6.07) is 4.94. The summed E-state index contributed by atoms with van der Waals surface area (Å²) in [4.78, 5) is 2.55. The Labute approximate surface area is 395 Å². The second-order valence-corrected chi connectivity index (χ2v) is 22.0. The van der Waals surface area contributed by atoms with Crippen LogP contribution < -0.4 is 0 Å². The number of nitrogens with zero attached hydrogens (tertiary/aromatic N) is 4. The molecular weight excluding hydrogens is 833 g/mol. The maximum atomic E-state index is 5.00. The zero-order valence-corrected chi connectivity index (χ0v) is 43.2. The highest BCUT2D eigenvalue weighted by Gasteiger charge is 2.28. The summed E-state index contributed by atoms with van der Waals surface area (Å²) in [7, 11) is 0. The number of hydrogen-bond donors (Lipinski definition) is 0. The fraction of sp³-hybridized carbons (Fsp3) is 0.741. The first-order valence-electron chi connectivity index (χ1n) is 26.2. The molecule has 2 unspecified atom stereocenters. The molecule has 1 aromatic carbocycles. The van der Waals surface area contributed by atoms with E-state index in [4.69, 9.17) is 17.5 Å². The fourth-order valence-corrected chi connectivity index (χ4v) is 12.9. The summed E-state index contributed by atoms with van der Waals surface area (Å²) < 4.78 is 20.0. The summed E-state index contributed by atoms with van der Waals surface area (Å²) in [6.45, 7) is 9.27. The van der Waals surface area contributed by atoms with Crippen molar-refractivity contribution in [1.29, 1.82) is 0 Å². The Morgan fingerprint density at radius 2 is 0.710 bits per heavy atom. The molecule has 62 heavy (non-hydrogen) atoms. The number of unbranched alkanes of at least 4 members (excludes halogenated alkanes) is 24. The standard InChI is InChI=1S/C54H86N4S4/c1-5-9-13-17-21-23-27-31-35-43(33-29-25-19-15-11-7-3)37-45-39-47(59-41-45)49-51-53(57-61-55-51)50(54-52(49)56-62-58-54)48-40-46(42-60-48)38-44(34-30-26-20-16-12-8-4)36-32-28-24-22-18-14-10-6-2/h39-44H,5-38H2,1-4H3. The molecule has 3 aromatic heterocycles. The third kappa shape index (κ3) is 17.6. The van der Waals surface area contributed by atoms with E-state index in [9.17, 15) is 0 Å². The zero-order chi connectivity index (χ0) is 43.5. The van der Waals surface area contributed by atoms with Gasteiger partial charge in [-0.2, -0.15) is 17.5 Å². The lowest BCUT2D eigenvalue weighted by atomic mass is 9.89. The van der Waals surface area contributed by atoms with E-state index >= 15 is 0 Å². The molecule has 0 saturated carbocycles. The second-order valence-electron chi connectivity index (χ2n) is 19.1. The minimum Gasteiger partial charge on any atom is -0.172 e. The van der Waals surface area contributed by atoms with Crippen LogP contribution in [0, 0.1) is 11.8 Å². The number of thiophene rings is 2. The number of aromatic nitrogens is 2. The predicted octanol–water partition coefficient (Wildman–Crippen LogP) is 20.8. The SMILES string of the molecule is CCCCCCCCCCC(CCCCCCCC)Cc1csc(-c2c3c(c(-c4cc(CC(CCCCCCCC)CCCCCCCCCC)cs4)c4nsnc24)N=S=N3)c1. The molecule has 1 aliphatic heterocycles. The number of hydrogen-bond acceptors (Lipinski definition) is 7. The molecule has 0 aliphatic carbocycles. The van der Waals surface area contributed by atoms with Crippen LogP contribution in [-0.2, 0) is 24.2 Å². The molecule has 1 aliphatic rings. The van der Waals surface area contributed by atoms with E-state index in [1.165, 1.54) is 262 Å². The van der Waals surface area contributed by atoms with Crippen LogP contribution in [0.2, 0.25) is 0 Å². The molecular formula is C54H86N4S4. The first kappa shape index (κ1) is 51.2. The van der Waals surface area contributed by atoms with Crippen LogP contribution in [0.15, 0.2) is 31.6 Å². The molecule has 4 nitrogen and oxygen atoms in total. The van der Waals surface area contributed by atoms with Crippen molar-refractivity contribution in [1.82, 2.24) is 8.75 Å². The highest BCUT2D eigenvalue weighted by atomic mass is 32.1. The van der Waals surface area contributed by atoms with E-state index in [2.05, 4.69) is 50.6 Å². The number of fused-ring (bicyclic) bond motifs is 2. The molecule has 0 N–H and O–H groups in total. The van der Waals surface area contributed by atoms with Gasteiger partial charge in [-0.25, -0.2) is 0 Å². The first-order valence-corrected chi connectivity index (χ1v) is 29.4. The van der Waals surface area contributed by atoms with Crippen molar-refractivity contribution < 1.29 is 0 Å². The van der Waals surface area contributed by atoms with E-state index in [0.29, 0.717) is 0 Å². The van der Waals surface area contributed by atoms with Gasteiger partial charge in [-0.15, -0.1) is 22.7 Å². The molecule has 0 fully saturated rings. The lowest BCUT2D eigenvalue weighted by Gasteiger charge is -2.17. The van der Waals surface area contributed by atoms with Crippen LogP contribution in [0.3, 0.4) is 0 Å². The molecule has 0 radical (unpaired) electrons. The molecule has 346 valence electrons. The van der Waals surface area contributed by atoms with Crippen LogP contribution in [0.5, 0.6) is 0 Å². The van der Waals surface area contributed by atoms with Gasteiger partial charge >= 0.3 is 0 Å². The molecule has 0 amide bonds. The quantitative estimate of drug-likeness (QED) is 0.0370. The van der Waals surface area contributed by atoms with Crippen molar-refractivity contribution in [3.8, 4) is 20.9 Å². The van der Waals surface area contributed by atoms with Gasteiger partial charge in [0.25, 0.3) is 0 Å². The second kappa shape index (κ2) is 31.2. The van der Waals surface area contributed by atoms with Gasteiger partial charge in [0.2, 0.25) is 0 Å². The molecule has 0 spiro atoms. The molecule has 2 atom stereocenters. The topological polar surface area (TPSA) is 50.5 Å². The molecule has 4 aromatic rings. The van der Waals surface area contributed by atoms with Crippen LogP contribution in [0.25, 0.3) is 31.9 Å². The number of rotatable bonds is 38. The van der Waals surface area contributed by atoms with E-state index in [0.717, 1.165) is 45.4 Å². The summed E-state index contributed by atoms with van der Waals surface area (Å²) >= 11 is 6.44. The van der Waals surface area contributed by atoms with Gasteiger partial charge in [0.15, 0.2) is 0 Å². The lowest BCUT2D eigenvalue weighted by molar-refractivity contribution is 0.400. The Kier molecular flexibility index (Phi) is 25.8. The molecule has 8 heteroatoms. The van der Waals surface area contributed by atoms with Gasteiger partial charge in [0, 0.05) is 20.9 Å².